The summed E-state index contributed by atoms with van der Waals surface area (Å²) in [7, 11) is 1.66. The molecule has 4 nitrogen and oxygen atoms in total. The Morgan fingerprint density at radius 1 is 1.50 bits per heavy atom. The van der Waals surface area contributed by atoms with Crippen LogP contribution in [-0.4, -0.2) is 38.8 Å². The summed E-state index contributed by atoms with van der Waals surface area (Å²) in [5.74, 6) is 0.146. The maximum atomic E-state index is 11.4. The Morgan fingerprint density at radius 3 is 3.06 bits per heavy atom. The molecule has 1 aliphatic rings. The van der Waals surface area contributed by atoms with Gasteiger partial charge in [0, 0.05) is 32.7 Å². The van der Waals surface area contributed by atoms with Crippen LogP contribution in [-0.2, 0) is 9.53 Å². The van der Waals surface area contributed by atoms with Crippen LogP contribution in [0.1, 0.15) is 38.5 Å². The number of nitrogens with one attached hydrogen (secondary N) is 2. The van der Waals surface area contributed by atoms with Crippen molar-refractivity contribution < 1.29 is 9.53 Å². The Labute approximate surface area is 98.1 Å². The fourth-order valence-electron chi connectivity index (χ4n) is 2.02. The smallest absolute Gasteiger partial charge is 0.220 e. The number of piperidine rings is 1. The molecule has 1 amide bonds. The third-order valence-corrected chi connectivity index (χ3v) is 2.98. The Kier molecular flexibility index (Phi) is 7.17. The van der Waals surface area contributed by atoms with Crippen molar-refractivity contribution in [2.45, 2.75) is 44.6 Å². The van der Waals surface area contributed by atoms with E-state index in [1.54, 1.807) is 7.11 Å². The lowest BCUT2D eigenvalue weighted by atomic mass is 10.0. The molecule has 0 aromatic carbocycles. The van der Waals surface area contributed by atoms with Gasteiger partial charge in [0.15, 0.2) is 0 Å². The molecule has 94 valence electrons. The van der Waals surface area contributed by atoms with Gasteiger partial charge in [0.1, 0.15) is 0 Å². The zero-order valence-electron chi connectivity index (χ0n) is 10.3. The minimum absolute atomic E-state index is 0.146. The van der Waals surface area contributed by atoms with Gasteiger partial charge in [-0.2, -0.15) is 0 Å². The van der Waals surface area contributed by atoms with Gasteiger partial charge in [-0.05, 0) is 32.2 Å². The molecule has 4 heteroatoms. The second kappa shape index (κ2) is 8.53. The molecule has 1 saturated heterocycles. The van der Waals surface area contributed by atoms with Gasteiger partial charge in [-0.15, -0.1) is 0 Å². The van der Waals surface area contributed by atoms with E-state index in [-0.39, 0.29) is 5.91 Å². The molecule has 0 aliphatic carbocycles. The van der Waals surface area contributed by atoms with Gasteiger partial charge >= 0.3 is 0 Å². The number of ether oxygens (including phenoxy) is 1. The topological polar surface area (TPSA) is 50.4 Å². The standard InChI is InChI=1S/C12H24N2O2/c1-16-10-4-6-12(15)14-9-7-11-5-2-3-8-13-11/h11,13H,2-10H2,1H3,(H,14,15). The molecule has 1 aliphatic heterocycles. The quantitative estimate of drug-likeness (QED) is 0.641. The first-order valence-corrected chi connectivity index (χ1v) is 6.32. The highest BCUT2D eigenvalue weighted by Crippen LogP contribution is 2.09. The van der Waals surface area contributed by atoms with Gasteiger partial charge in [0.25, 0.3) is 0 Å². The second-order valence-electron chi connectivity index (χ2n) is 4.38. The first-order valence-electron chi connectivity index (χ1n) is 6.32. The Balaban J connectivity index is 1.94. The summed E-state index contributed by atoms with van der Waals surface area (Å²) in [6.07, 6.45) is 6.30. The first kappa shape index (κ1) is 13.5. The molecule has 1 rings (SSSR count). The Hall–Kier alpha value is -0.610. The monoisotopic (exact) mass is 228 g/mol. The zero-order valence-corrected chi connectivity index (χ0v) is 10.3. The predicted molar refractivity (Wildman–Crippen MR) is 64.4 cm³/mol. The highest BCUT2D eigenvalue weighted by atomic mass is 16.5. The number of carbonyl (C=O) groups excluding carboxylic acids is 1. The van der Waals surface area contributed by atoms with E-state index in [0.29, 0.717) is 19.1 Å². The van der Waals surface area contributed by atoms with Crippen LogP contribution in [0.4, 0.5) is 0 Å². The van der Waals surface area contributed by atoms with Gasteiger partial charge in [-0.1, -0.05) is 6.42 Å². The van der Waals surface area contributed by atoms with E-state index in [0.717, 1.165) is 25.9 Å². The van der Waals surface area contributed by atoms with E-state index in [1.165, 1.54) is 19.3 Å². The highest BCUT2D eigenvalue weighted by molar-refractivity contribution is 5.75. The van der Waals surface area contributed by atoms with Gasteiger partial charge < -0.3 is 15.4 Å². The van der Waals surface area contributed by atoms with Crippen LogP contribution >= 0.6 is 0 Å². The molecule has 1 heterocycles. The summed E-state index contributed by atoms with van der Waals surface area (Å²) in [6.45, 7) is 2.59. The Bertz CT molecular complexity index is 191. The molecule has 1 unspecified atom stereocenters. The van der Waals surface area contributed by atoms with Gasteiger partial charge in [-0.3, -0.25) is 4.79 Å². The number of amides is 1. The van der Waals surface area contributed by atoms with E-state index < -0.39 is 0 Å². The summed E-state index contributed by atoms with van der Waals surface area (Å²) < 4.78 is 4.90. The molecule has 1 atom stereocenters. The van der Waals surface area contributed by atoms with Crippen molar-refractivity contribution in [2.75, 3.05) is 26.8 Å². The van der Waals surface area contributed by atoms with Gasteiger partial charge in [0.05, 0.1) is 0 Å². The van der Waals surface area contributed by atoms with Gasteiger partial charge in [0.2, 0.25) is 5.91 Å². The second-order valence-corrected chi connectivity index (χ2v) is 4.38. The van der Waals surface area contributed by atoms with Crippen LogP contribution in [0.2, 0.25) is 0 Å². The summed E-state index contributed by atoms with van der Waals surface area (Å²) in [5, 5.41) is 6.43. The SMILES string of the molecule is COCCCC(=O)NCCC1CCCCN1. The number of hydrogen-bond donors (Lipinski definition) is 2. The van der Waals surface area contributed by atoms with Gasteiger partial charge in [-0.25, -0.2) is 0 Å². The number of rotatable bonds is 7. The number of carbonyl (C=O) groups is 1. The van der Waals surface area contributed by atoms with Crippen molar-refractivity contribution in [3.63, 3.8) is 0 Å². The fraction of sp³-hybridized carbons (Fsp3) is 0.917. The molecule has 0 radical (unpaired) electrons. The normalized spacial score (nSPS) is 20.7. The van der Waals surface area contributed by atoms with Crippen LogP contribution in [0.5, 0.6) is 0 Å². The van der Waals surface area contributed by atoms with Crippen molar-refractivity contribution in [1.29, 1.82) is 0 Å². The minimum atomic E-state index is 0.146. The molecule has 0 saturated carbocycles. The maximum Gasteiger partial charge on any atom is 0.220 e. The van der Waals surface area contributed by atoms with Crippen LogP contribution in [0.3, 0.4) is 0 Å². The summed E-state index contributed by atoms with van der Waals surface area (Å²) in [5.41, 5.74) is 0. The summed E-state index contributed by atoms with van der Waals surface area (Å²) >= 11 is 0. The summed E-state index contributed by atoms with van der Waals surface area (Å²) in [6, 6.07) is 0.605. The van der Waals surface area contributed by atoms with Crippen molar-refractivity contribution in [3.8, 4) is 0 Å². The van der Waals surface area contributed by atoms with Crippen LogP contribution < -0.4 is 10.6 Å². The van der Waals surface area contributed by atoms with E-state index >= 15 is 0 Å². The molecule has 0 aromatic heterocycles. The third-order valence-electron chi connectivity index (χ3n) is 2.98. The minimum Gasteiger partial charge on any atom is -0.385 e. The molecule has 0 aromatic rings. The molecular formula is C12H24N2O2. The van der Waals surface area contributed by atoms with Crippen LogP contribution in [0, 0.1) is 0 Å². The van der Waals surface area contributed by atoms with Crippen LogP contribution in [0.15, 0.2) is 0 Å². The molecule has 0 bridgehead atoms. The fourth-order valence-corrected chi connectivity index (χ4v) is 2.02. The Morgan fingerprint density at radius 2 is 2.38 bits per heavy atom. The highest BCUT2D eigenvalue weighted by Gasteiger charge is 2.11. The number of methoxy groups -OCH3 is 1. The van der Waals surface area contributed by atoms with Crippen molar-refractivity contribution in [3.05, 3.63) is 0 Å². The molecular weight excluding hydrogens is 204 g/mol. The van der Waals surface area contributed by atoms with Crippen molar-refractivity contribution in [1.82, 2.24) is 10.6 Å². The molecule has 0 spiro atoms. The van der Waals surface area contributed by atoms with E-state index in [1.807, 2.05) is 0 Å². The lowest BCUT2D eigenvalue weighted by molar-refractivity contribution is -0.121. The van der Waals surface area contributed by atoms with E-state index in [9.17, 15) is 4.79 Å². The van der Waals surface area contributed by atoms with Crippen molar-refractivity contribution >= 4 is 5.91 Å². The lowest BCUT2D eigenvalue weighted by Gasteiger charge is -2.23. The molecule has 1 fully saturated rings. The van der Waals surface area contributed by atoms with E-state index in [2.05, 4.69) is 10.6 Å². The average molecular weight is 228 g/mol. The predicted octanol–water partition coefficient (Wildman–Crippen LogP) is 1.06. The number of hydrogen-bond acceptors (Lipinski definition) is 3. The van der Waals surface area contributed by atoms with Crippen molar-refractivity contribution in [2.24, 2.45) is 0 Å². The average Bonchev–Trinajstić information content (AvgIpc) is 2.31. The molecule has 16 heavy (non-hydrogen) atoms. The first-order chi connectivity index (χ1) is 7.83. The lowest BCUT2D eigenvalue weighted by Crippen LogP contribution is -2.37. The van der Waals surface area contributed by atoms with Crippen LogP contribution in [0.25, 0.3) is 0 Å². The largest absolute Gasteiger partial charge is 0.385 e. The zero-order chi connectivity index (χ0) is 11.6. The summed E-state index contributed by atoms with van der Waals surface area (Å²) in [4.78, 5) is 11.4. The van der Waals surface area contributed by atoms with E-state index in [4.69, 9.17) is 4.74 Å². The third kappa shape index (κ3) is 6.08. The molecule has 2 N–H and O–H groups in total. The maximum absolute atomic E-state index is 11.4.